The molecular weight excluding hydrogens is 329 g/mol. The fourth-order valence-electron chi connectivity index (χ4n) is 2.39. The number of carbonyl (C=O) groups is 4. The van der Waals surface area contributed by atoms with Crippen molar-refractivity contribution in [3.8, 4) is 0 Å². The van der Waals surface area contributed by atoms with Gasteiger partial charge in [-0.05, 0) is 18.1 Å². The summed E-state index contributed by atoms with van der Waals surface area (Å²) in [7, 11) is 0. The third-order valence-corrected chi connectivity index (χ3v) is 3.71. The van der Waals surface area contributed by atoms with Crippen LogP contribution in [0.5, 0.6) is 0 Å². The Kier molecular flexibility index (Phi) is 4.72. The summed E-state index contributed by atoms with van der Waals surface area (Å²) in [6, 6.07) is 4.03. The van der Waals surface area contributed by atoms with Crippen molar-refractivity contribution in [3.05, 3.63) is 29.3 Å². The number of Topliss-reactive ketones (excluding diaryl/α,β-unsaturated/α-hetero) is 1. The maximum atomic E-state index is 12.6. The van der Waals surface area contributed by atoms with E-state index in [-0.39, 0.29) is 29.5 Å². The summed E-state index contributed by atoms with van der Waals surface area (Å²) < 4.78 is 37.7. The van der Waals surface area contributed by atoms with Gasteiger partial charge in [-0.15, -0.1) is 0 Å². The number of nitrogens with one attached hydrogen (secondary N) is 1. The molecule has 0 aliphatic heterocycles. The number of carbonyl (C=O) groups excluding carboxylic acids is 4. The number of aldehydes is 1. The maximum absolute atomic E-state index is 12.6. The Labute approximate surface area is 134 Å². The van der Waals surface area contributed by atoms with Crippen LogP contribution in [-0.2, 0) is 20.8 Å². The van der Waals surface area contributed by atoms with Gasteiger partial charge in [-0.2, -0.15) is 13.2 Å². The molecule has 0 spiro atoms. The van der Waals surface area contributed by atoms with Gasteiger partial charge in [0.25, 0.3) is 5.91 Å². The molecule has 2 atom stereocenters. The van der Waals surface area contributed by atoms with E-state index in [1.54, 1.807) is 0 Å². The third kappa shape index (κ3) is 3.79. The van der Waals surface area contributed by atoms with Gasteiger partial charge < -0.3 is 11.1 Å². The highest BCUT2D eigenvalue weighted by atomic mass is 19.4. The molecule has 24 heavy (non-hydrogen) atoms. The molecule has 9 heteroatoms. The Morgan fingerprint density at radius 3 is 2.46 bits per heavy atom. The molecule has 1 aromatic rings. The molecule has 0 bridgehead atoms. The number of halogens is 3. The zero-order chi connectivity index (χ0) is 18.1. The zero-order valence-corrected chi connectivity index (χ0v) is 12.2. The van der Waals surface area contributed by atoms with Crippen LogP contribution in [-0.4, -0.2) is 30.1 Å². The first-order chi connectivity index (χ1) is 11.1. The van der Waals surface area contributed by atoms with Crippen LogP contribution in [0.15, 0.2) is 18.2 Å². The molecule has 1 fully saturated rings. The van der Waals surface area contributed by atoms with E-state index in [1.807, 2.05) is 0 Å². The van der Waals surface area contributed by atoms with Gasteiger partial charge in [0.1, 0.15) is 0 Å². The van der Waals surface area contributed by atoms with Crippen molar-refractivity contribution in [2.24, 2.45) is 17.6 Å². The summed E-state index contributed by atoms with van der Waals surface area (Å²) in [5.74, 6) is -5.62. The number of hydrogen-bond donors (Lipinski definition) is 2. The number of anilines is 1. The first kappa shape index (κ1) is 17.6. The molecule has 3 N–H and O–H groups in total. The van der Waals surface area contributed by atoms with Crippen molar-refractivity contribution >= 4 is 29.6 Å². The standard InChI is InChI=1S/C15H13F3N2O4/c16-15(17,18)11-5-10(11)14(24)20-12-7(4-8(22)6-21)2-1-3-9(12)13(19)23/h1-3,6,10-11H,4-5H2,(H2,19,23)(H,20,24). The first-order valence-corrected chi connectivity index (χ1v) is 6.92. The predicted octanol–water partition coefficient (Wildman–Crippen LogP) is 1.23. The molecule has 1 aliphatic carbocycles. The monoisotopic (exact) mass is 342 g/mol. The van der Waals surface area contributed by atoms with E-state index in [9.17, 15) is 32.3 Å². The third-order valence-electron chi connectivity index (χ3n) is 3.71. The van der Waals surface area contributed by atoms with Crippen molar-refractivity contribution in [1.82, 2.24) is 0 Å². The number of primary amides is 1. The van der Waals surface area contributed by atoms with Crippen LogP contribution in [0, 0.1) is 11.8 Å². The molecular formula is C15H13F3N2O4. The molecule has 0 saturated heterocycles. The maximum Gasteiger partial charge on any atom is 0.392 e. The molecule has 1 saturated carbocycles. The lowest BCUT2D eigenvalue weighted by Gasteiger charge is -2.14. The van der Waals surface area contributed by atoms with E-state index < -0.39 is 42.0 Å². The summed E-state index contributed by atoms with van der Waals surface area (Å²) in [5.41, 5.74) is 5.02. The van der Waals surface area contributed by atoms with E-state index in [2.05, 4.69) is 5.32 Å². The molecule has 6 nitrogen and oxygen atoms in total. The van der Waals surface area contributed by atoms with Crippen molar-refractivity contribution in [3.63, 3.8) is 0 Å². The lowest BCUT2D eigenvalue weighted by molar-refractivity contribution is -0.153. The summed E-state index contributed by atoms with van der Waals surface area (Å²) in [5, 5.41) is 2.25. The highest BCUT2D eigenvalue weighted by Crippen LogP contribution is 2.50. The SMILES string of the molecule is NC(=O)c1cccc(CC(=O)C=O)c1NC(=O)C1CC1C(F)(F)F. The predicted molar refractivity (Wildman–Crippen MR) is 76.0 cm³/mol. The van der Waals surface area contributed by atoms with E-state index in [1.165, 1.54) is 18.2 Å². The van der Waals surface area contributed by atoms with Crippen LogP contribution in [0.4, 0.5) is 18.9 Å². The van der Waals surface area contributed by atoms with Crippen LogP contribution < -0.4 is 11.1 Å². The molecule has 0 radical (unpaired) electrons. The lowest BCUT2D eigenvalue weighted by atomic mass is 10.0. The fraction of sp³-hybridized carbons (Fsp3) is 0.333. The molecule has 1 aromatic carbocycles. The molecule has 0 aromatic heterocycles. The first-order valence-electron chi connectivity index (χ1n) is 6.92. The fourth-order valence-corrected chi connectivity index (χ4v) is 2.39. The van der Waals surface area contributed by atoms with Crippen LogP contribution in [0.1, 0.15) is 22.3 Å². The Hall–Kier alpha value is -2.71. The number of rotatable bonds is 6. The minimum Gasteiger partial charge on any atom is -0.366 e. The second-order valence-corrected chi connectivity index (χ2v) is 5.44. The normalized spacial score (nSPS) is 19.5. The Morgan fingerprint density at radius 2 is 1.96 bits per heavy atom. The average molecular weight is 342 g/mol. The van der Waals surface area contributed by atoms with Gasteiger partial charge in [-0.25, -0.2) is 0 Å². The number of benzene rings is 1. The highest BCUT2D eigenvalue weighted by molar-refractivity contribution is 6.26. The van der Waals surface area contributed by atoms with E-state index in [0.717, 1.165) is 0 Å². The second-order valence-electron chi connectivity index (χ2n) is 5.44. The van der Waals surface area contributed by atoms with Gasteiger partial charge in [-0.1, -0.05) is 12.1 Å². The van der Waals surface area contributed by atoms with Crippen LogP contribution in [0.25, 0.3) is 0 Å². The second kappa shape index (κ2) is 6.42. The lowest BCUT2D eigenvalue weighted by Crippen LogP contribution is -2.24. The van der Waals surface area contributed by atoms with E-state index >= 15 is 0 Å². The van der Waals surface area contributed by atoms with Gasteiger partial charge in [0.15, 0.2) is 12.1 Å². The van der Waals surface area contributed by atoms with Gasteiger partial charge in [0.2, 0.25) is 5.91 Å². The number of hydrogen-bond acceptors (Lipinski definition) is 4. The minimum atomic E-state index is -4.47. The molecule has 2 unspecified atom stereocenters. The number of para-hydroxylation sites is 1. The van der Waals surface area contributed by atoms with Crippen molar-refractivity contribution in [2.75, 3.05) is 5.32 Å². The van der Waals surface area contributed by atoms with Gasteiger partial charge in [0, 0.05) is 6.42 Å². The summed E-state index contributed by atoms with van der Waals surface area (Å²) >= 11 is 0. The Balaban J connectivity index is 2.27. The number of alkyl halides is 3. The quantitative estimate of drug-likeness (QED) is 0.599. The minimum absolute atomic E-state index is 0.0725. The van der Waals surface area contributed by atoms with Gasteiger partial charge in [-0.3, -0.25) is 19.2 Å². The smallest absolute Gasteiger partial charge is 0.366 e. The van der Waals surface area contributed by atoms with E-state index in [4.69, 9.17) is 5.73 Å². The van der Waals surface area contributed by atoms with Crippen LogP contribution in [0.2, 0.25) is 0 Å². The zero-order valence-electron chi connectivity index (χ0n) is 12.2. The average Bonchev–Trinajstić information content (AvgIpc) is 3.29. The summed E-state index contributed by atoms with van der Waals surface area (Å²) in [4.78, 5) is 45.2. The molecule has 0 heterocycles. The van der Waals surface area contributed by atoms with Gasteiger partial charge in [0.05, 0.1) is 23.1 Å². The number of nitrogens with two attached hydrogens (primary N) is 1. The highest BCUT2D eigenvalue weighted by Gasteiger charge is 2.58. The summed E-state index contributed by atoms with van der Waals surface area (Å²) in [6.45, 7) is 0. The number of amides is 2. The topological polar surface area (TPSA) is 106 Å². The summed E-state index contributed by atoms with van der Waals surface area (Å²) in [6.07, 6.45) is -5.14. The Bertz CT molecular complexity index is 715. The molecule has 1 aliphatic rings. The van der Waals surface area contributed by atoms with Crippen molar-refractivity contribution in [2.45, 2.75) is 19.0 Å². The van der Waals surface area contributed by atoms with Crippen molar-refractivity contribution < 1.29 is 32.3 Å². The largest absolute Gasteiger partial charge is 0.392 e. The Morgan fingerprint density at radius 1 is 1.29 bits per heavy atom. The molecule has 2 rings (SSSR count). The molecule has 2 amide bonds. The van der Waals surface area contributed by atoms with Crippen molar-refractivity contribution in [1.29, 1.82) is 0 Å². The van der Waals surface area contributed by atoms with Gasteiger partial charge >= 0.3 is 6.18 Å². The van der Waals surface area contributed by atoms with Crippen LogP contribution >= 0.6 is 0 Å². The van der Waals surface area contributed by atoms with Crippen LogP contribution in [0.3, 0.4) is 0 Å². The molecule has 128 valence electrons. The van der Waals surface area contributed by atoms with E-state index in [0.29, 0.717) is 0 Å². The number of ketones is 1.